The van der Waals surface area contributed by atoms with E-state index in [1.54, 1.807) is 11.8 Å². The molecule has 0 spiro atoms. The van der Waals surface area contributed by atoms with Crippen LogP contribution in [0.3, 0.4) is 0 Å². The number of piperidine rings is 1. The number of carbonyl (C=O) groups excluding carboxylic acids is 1. The minimum absolute atomic E-state index is 0.131. The van der Waals surface area contributed by atoms with Gasteiger partial charge in [0.2, 0.25) is 5.91 Å². The van der Waals surface area contributed by atoms with Gasteiger partial charge in [-0.15, -0.1) is 11.8 Å². The summed E-state index contributed by atoms with van der Waals surface area (Å²) < 4.78 is 0. The van der Waals surface area contributed by atoms with Crippen molar-refractivity contribution in [2.24, 2.45) is 11.8 Å². The number of hydrogen-bond donors (Lipinski definition) is 2. The lowest BCUT2D eigenvalue weighted by molar-refractivity contribution is -0.122. The molecule has 4 heteroatoms. The molecule has 2 N–H and O–H groups in total. The lowest BCUT2D eigenvalue weighted by Crippen LogP contribution is -2.40. The average molecular weight is 264 g/mol. The molecule has 0 aromatic heterocycles. The molecule has 1 fully saturated rings. The molecule has 1 aromatic carbocycles. The second-order valence-electron chi connectivity index (χ2n) is 4.79. The van der Waals surface area contributed by atoms with Gasteiger partial charge in [-0.05, 0) is 55.9 Å². The second-order valence-corrected chi connectivity index (χ2v) is 5.67. The third-order valence-electron chi connectivity index (χ3n) is 3.48. The van der Waals surface area contributed by atoms with Crippen molar-refractivity contribution in [2.75, 3.05) is 24.7 Å². The van der Waals surface area contributed by atoms with Gasteiger partial charge in [-0.25, -0.2) is 0 Å². The zero-order valence-corrected chi connectivity index (χ0v) is 11.7. The summed E-state index contributed by atoms with van der Waals surface area (Å²) in [5.74, 6) is 0.691. The Morgan fingerprint density at radius 2 is 2.11 bits per heavy atom. The first-order chi connectivity index (χ1) is 8.70. The molecule has 0 aliphatic carbocycles. The van der Waals surface area contributed by atoms with E-state index in [0.717, 1.165) is 25.2 Å². The summed E-state index contributed by atoms with van der Waals surface area (Å²) in [7, 11) is 0. The van der Waals surface area contributed by atoms with E-state index in [4.69, 9.17) is 0 Å². The van der Waals surface area contributed by atoms with Crippen LogP contribution >= 0.6 is 11.8 Å². The van der Waals surface area contributed by atoms with Gasteiger partial charge in [-0.2, -0.15) is 0 Å². The molecule has 0 saturated carbocycles. The quantitative estimate of drug-likeness (QED) is 0.825. The summed E-state index contributed by atoms with van der Waals surface area (Å²) in [6.45, 7) is 4.00. The lowest BCUT2D eigenvalue weighted by Gasteiger charge is -2.28. The number of anilines is 1. The first-order valence-electron chi connectivity index (χ1n) is 6.36. The fourth-order valence-corrected chi connectivity index (χ4v) is 2.72. The average Bonchev–Trinajstić information content (AvgIpc) is 2.40. The molecule has 0 radical (unpaired) electrons. The number of carbonyl (C=O) groups is 1. The van der Waals surface area contributed by atoms with E-state index in [0.29, 0.717) is 5.92 Å². The Hall–Kier alpha value is -1.00. The molecule has 3 nitrogen and oxygen atoms in total. The van der Waals surface area contributed by atoms with Gasteiger partial charge in [-0.3, -0.25) is 4.79 Å². The third kappa shape index (κ3) is 3.27. The molecule has 0 bridgehead atoms. The van der Waals surface area contributed by atoms with E-state index in [1.807, 2.05) is 30.5 Å². The molecule has 2 rings (SSSR count). The molecule has 1 aromatic rings. The van der Waals surface area contributed by atoms with Crippen molar-refractivity contribution in [1.82, 2.24) is 5.32 Å². The summed E-state index contributed by atoms with van der Waals surface area (Å²) >= 11 is 1.70. The first kappa shape index (κ1) is 13.4. The SMILES string of the molecule is CSc1ccc(NC(=O)C2CCNCC2C)cc1. The predicted molar refractivity (Wildman–Crippen MR) is 77.0 cm³/mol. The number of benzene rings is 1. The molecule has 98 valence electrons. The van der Waals surface area contributed by atoms with Gasteiger partial charge in [0.15, 0.2) is 0 Å². The number of amides is 1. The normalized spacial score (nSPS) is 23.7. The smallest absolute Gasteiger partial charge is 0.227 e. The van der Waals surface area contributed by atoms with Crippen molar-refractivity contribution in [3.8, 4) is 0 Å². The maximum absolute atomic E-state index is 12.2. The van der Waals surface area contributed by atoms with Crippen LogP contribution in [-0.4, -0.2) is 25.3 Å². The van der Waals surface area contributed by atoms with Crippen LogP contribution in [0.1, 0.15) is 13.3 Å². The van der Waals surface area contributed by atoms with Gasteiger partial charge in [0.25, 0.3) is 0 Å². The van der Waals surface area contributed by atoms with Crippen LogP contribution in [0.5, 0.6) is 0 Å². The van der Waals surface area contributed by atoms with Gasteiger partial charge >= 0.3 is 0 Å². The molecular formula is C14H20N2OS. The highest BCUT2D eigenvalue weighted by atomic mass is 32.2. The number of hydrogen-bond acceptors (Lipinski definition) is 3. The fraction of sp³-hybridized carbons (Fsp3) is 0.500. The van der Waals surface area contributed by atoms with Gasteiger partial charge < -0.3 is 10.6 Å². The van der Waals surface area contributed by atoms with E-state index in [-0.39, 0.29) is 11.8 Å². The predicted octanol–water partition coefficient (Wildman–Crippen LogP) is 2.59. The van der Waals surface area contributed by atoms with Crippen molar-refractivity contribution in [3.63, 3.8) is 0 Å². The Bertz CT molecular complexity index is 405. The van der Waals surface area contributed by atoms with E-state index in [1.165, 1.54) is 4.90 Å². The monoisotopic (exact) mass is 264 g/mol. The summed E-state index contributed by atoms with van der Waals surface area (Å²) in [6.07, 6.45) is 2.97. The molecule has 2 atom stereocenters. The maximum Gasteiger partial charge on any atom is 0.227 e. The van der Waals surface area contributed by atoms with Crippen molar-refractivity contribution in [2.45, 2.75) is 18.2 Å². The Morgan fingerprint density at radius 3 is 2.72 bits per heavy atom. The van der Waals surface area contributed by atoms with E-state index >= 15 is 0 Å². The minimum atomic E-state index is 0.131. The summed E-state index contributed by atoms with van der Waals surface area (Å²) in [5, 5.41) is 6.33. The largest absolute Gasteiger partial charge is 0.326 e. The molecular weight excluding hydrogens is 244 g/mol. The van der Waals surface area contributed by atoms with Gasteiger partial charge in [0.05, 0.1) is 0 Å². The summed E-state index contributed by atoms with van der Waals surface area (Å²) in [4.78, 5) is 13.4. The second kappa shape index (κ2) is 6.25. The van der Waals surface area contributed by atoms with Gasteiger partial charge in [0, 0.05) is 16.5 Å². The standard InChI is InChI=1S/C14H20N2OS/c1-10-9-15-8-7-13(10)14(17)16-11-3-5-12(18-2)6-4-11/h3-6,10,13,15H,7-9H2,1-2H3,(H,16,17). The maximum atomic E-state index is 12.2. The van der Waals surface area contributed by atoms with Crippen LogP contribution in [0.15, 0.2) is 29.2 Å². The fourth-order valence-electron chi connectivity index (χ4n) is 2.31. The van der Waals surface area contributed by atoms with Crippen LogP contribution in [-0.2, 0) is 4.79 Å². The van der Waals surface area contributed by atoms with Crippen molar-refractivity contribution >= 4 is 23.4 Å². The van der Waals surface area contributed by atoms with Gasteiger partial charge in [0.1, 0.15) is 0 Å². The molecule has 1 amide bonds. The molecule has 2 unspecified atom stereocenters. The highest BCUT2D eigenvalue weighted by Gasteiger charge is 2.27. The lowest BCUT2D eigenvalue weighted by atomic mass is 9.87. The van der Waals surface area contributed by atoms with Crippen LogP contribution in [0.4, 0.5) is 5.69 Å². The zero-order valence-electron chi connectivity index (χ0n) is 10.9. The molecule has 1 heterocycles. The van der Waals surface area contributed by atoms with Crippen molar-refractivity contribution in [3.05, 3.63) is 24.3 Å². The first-order valence-corrected chi connectivity index (χ1v) is 7.59. The number of nitrogens with one attached hydrogen (secondary N) is 2. The van der Waals surface area contributed by atoms with Crippen LogP contribution in [0, 0.1) is 11.8 Å². The van der Waals surface area contributed by atoms with Crippen LogP contribution in [0.25, 0.3) is 0 Å². The highest BCUT2D eigenvalue weighted by Crippen LogP contribution is 2.22. The zero-order chi connectivity index (χ0) is 13.0. The van der Waals surface area contributed by atoms with E-state index in [2.05, 4.69) is 17.6 Å². The van der Waals surface area contributed by atoms with Crippen molar-refractivity contribution in [1.29, 1.82) is 0 Å². The Labute approximate surface area is 113 Å². The molecule has 1 saturated heterocycles. The topological polar surface area (TPSA) is 41.1 Å². The van der Waals surface area contributed by atoms with Crippen LogP contribution < -0.4 is 10.6 Å². The summed E-state index contributed by atoms with van der Waals surface area (Å²) in [6, 6.07) is 8.00. The molecule has 1 aliphatic rings. The number of rotatable bonds is 3. The highest BCUT2D eigenvalue weighted by molar-refractivity contribution is 7.98. The Morgan fingerprint density at radius 1 is 1.39 bits per heavy atom. The summed E-state index contributed by atoms with van der Waals surface area (Å²) in [5.41, 5.74) is 0.892. The number of thioether (sulfide) groups is 1. The van der Waals surface area contributed by atoms with Crippen LogP contribution in [0.2, 0.25) is 0 Å². The Kier molecular flexibility index (Phi) is 4.66. The van der Waals surface area contributed by atoms with Crippen molar-refractivity contribution < 1.29 is 4.79 Å². The minimum Gasteiger partial charge on any atom is -0.326 e. The molecule has 1 aliphatic heterocycles. The Balaban J connectivity index is 1.97. The molecule has 18 heavy (non-hydrogen) atoms. The van der Waals surface area contributed by atoms with Gasteiger partial charge in [-0.1, -0.05) is 6.92 Å². The third-order valence-corrected chi connectivity index (χ3v) is 4.22. The van der Waals surface area contributed by atoms with E-state index < -0.39 is 0 Å². The van der Waals surface area contributed by atoms with E-state index in [9.17, 15) is 4.79 Å².